The topological polar surface area (TPSA) is 224 Å². The number of carbonyl (C=O) groups is 4. The Hall–Kier alpha value is -8.58. The van der Waals surface area contributed by atoms with E-state index in [-0.39, 0.29) is 77.7 Å². The van der Waals surface area contributed by atoms with Gasteiger partial charge in [-0.25, -0.2) is 19.6 Å². The van der Waals surface area contributed by atoms with Gasteiger partial charge in [-0.05, 0) is 57.2 Å². The van der Waals surface area contributed by atoms with Crippen LogP contribution in [0.5, 0.6) is 17.2 Å². The van der Waals surface area contributed by atoms with E-state index in [1.807, 2.05) is 91.0 Å². The summed E-state index contributed by atoms with van der Waals surface area (Å²) in [6.45, 7) is -0.398. The summed E-state index contributed by atoms with van der Waals surface area (Å²) in [4.78, 5) is 72.1. The molecule has 0 bridgehead atoms. The number of β-lactam (4-membered cyclic amide) rings is 1. The molecule has 19 nitrogen and oxygen atoms in total. The highest BCUT2D eigenvalue weighted by atomic mass is 35.5. The van der Waals surface area contributed by atoms with Crippen LogP contribution < -0.4 is 24.8 Å². The number of fused-ring (bicyclic) bond motifs is 1. The standard InChI is InChI=1S/C71H66Cl3N5O14S2/c1-85-36-38-88-44-91-62-55(73)40-54(57(74)63(62)92-45-89-39-37-86-2)71(84,68(83)93-61(47-20-9-4-10-21-47)48-22-11-5-12-23-48)77-58(56-43-95-69(75-56)78-70(50-25-13-6-14-26-50,51-27-15-7-16-28-51)52-29-17-8-18-30-52)64(80)76-59-65(81)79-60(49(24-19-35-72)42-94-66(59)79)67(82)90-41-46-31-33-53(87-3)34-32-46/h4-34,40,43,59,61,66,84H,35-39,41-42,44-45H2,1-3H3,(H,75,78)(H,76,80)/b24-19-,77-58?/t59-,66?,71?/m0/s1. The second kappa shape index (κ2) is 33.2. The van der Waals surface area contributed by atoms with Crippen LogP contribution in [0.4, 0.5) is 5.13 Å². The highest BCUT2D eigenvalue weighted by molar-refractivity contribution is 8.00. The van der Waals surface area contributed by atoms with Crippen LogP contribution in [-0.4, -0.2) is 129 Å². The number of aromatic nitrogens is 1. The number of aliphatic hydroxyl groups is 1. The second-order valence-electron chi connectivity index (χ2n) is 21.2. The lowest BCUT2D eigenvalue weighted by Gasteiger charge is -2.49. The summed E-state index contributed by atoms with van der Waals surface area (Å²) in [5, 5.41) is 20.5. The SMILES string of the molecule is COCCOCOc1c(Cl)cc(C(O)(N=C(C(=O)N[C@H]2C(=O)N3C(C(=O)OCc4ccc(OC)cc4)=C(/C=C\CCl)CSC23)c2csc(NC(c3ccccc3)(c3ccccc3)c3ccccc3)n2)C(=O)OC(c2ccccc2)c2ccccc2)c(Cl)c1OCOCCOC. The molecule has 3 N–H and O–H groups in total. The Morgan fingerprint density at radius 1 is 0.747 bits per heavy atom. The number of alkyl halides is 1. The molecule has 1 saturated heterocycles. The van der Waals surface area contributed by atoms with E-state index in [0.717, 1.165) is 34.1 Å². The molecule has 1 fully saturated rings. The molecule has 492 valence electrons. The van der Waals surface area contributed by atoms with Crippen molar-refractivity contribution in [3.8, 4) is 17.2 Å². The number of thioether (sulfide) groups is 1. The summed E-state index contributed by atoms with van der Waals surface area (Å²) in [5.74, 6) is -3.69. The maximum atomic E-state index is 15.9. The number of nitrogens with one attached hydrogen (secondary N) is 2. The molecule has 2 aliphatic heterocycles. The van der Waals surface area contributed by atoms with E-state index in [9.17, 15) is 14.7 Å². The Morgan fingerprint density at radius 2 is 1.29 bits per heavy atom. The number of allylic oxidation sites excluding steroid dienone is 2. The normalized spacial score (nSPS) is 15.4. The van der Waals surface area contributed by atoms with E-state index in [1.54, 1.807) is 97.1 Å². The molecular weight excluding hydrogens is 1320 g/mol. The Bertz CT molecular complexity index is 3870. The predicted molar refractivity (Wildman–Crippen MR) is 364 cm³/mol. The molecule has 0 aliphatic carbocycles. The minimum Gasteiger partial charge on any atom is -0.497 e. The van der Waals surface area contributed by atoms with Crippen molar-refractivity contribution in [1.82, 2.24) is 15.2 Å². The molecule has 0 spiro atoms. The monoisotopic (exact) mass is 1380 g/mol. The van der Waals surface area contributed by atoms with Gasteiger partial charge in [0.1, 0.15) is 40.7 Å². The number of methoxy groups -OCH3 is 3. The molecule has 95 heavy (non-hydrogen) atoms. The lowest BCUT2D eigenvalue weighted by atomic mass is 9.77. The quantitative estimate of drug-likeness (QED) is 0.00678. The van der Waals surface area contributed by atoms with Gasteiger partial charge in [-0.2, -0.15) is 0 Å². The van der Waals surface area contributed by atoms with E-state index in [2.05, 4.69) is 10.6 Å². The van der Waals surface area contributed by atoms with E-state index in [4.69, 9.17) is 87.4 Å². The minimum atomic E-state index is -3.39. The van der Waals surface area contributed by atoms with Crippen molar-refractivity contribution in [3.05, 3.63) is 265 Å². The first kappa shape index (κ1) is 69.3. The highest BCUT2D eigenvalue weighted by Gasteiger charge is 2.55. The molecule has 7 aromatic carbocycles. The number of thiazole rings is 1. The number of benzene rings is 7. The van der Waals surface area contributed by atoms with Crippen molar-refractivity contribution >= 4 is 92.5 Å². The lowest BCUT2D eigenvalue weighted by Crippen LogP contribution is -2.71. The number of esters is 2. The number of hydrogen-bond donors (Lipinski definition) is 3. The molecule has 2 unspecified atom stereocenters. The van der Waals surface area contributed by atoms with E-state index in [0.29, 0.717) is 28.0 Å². The van der Waals surface area contributed by atoms with Crippen LogP contribution in [0.3, 0.4) is 0 Å². The first-order chi connectivity index (χ1) is 46.3. The molecule has 0 radical (unpaired) electrons. The maximum absolute atomic E-state index is 15.9. The van der Waals surface area contributed by atoms with Crippen molar-refractivity contribution < 1.29 is 66.9 Å². The molecule has 8 aromatic rings. The number of nitrogens with zero attached hydrogens (tertiary/aromatic N) is 3. The van der Waals surface area contributed by atoms with Gasteiger partial charge in [0.25, 0.3) is 17.5 Å². The first-order valence-electron chi connectivity index (χ1n) is 29.8. The minimum absolute atomic E-state index is 0.0481. The molecule has 3 atom stereocenters. The molecule has 2 amide bonds. The number of aliphatic imine (C=N–C) groups is 1. The van der Waals surface area contributed by atoms with Crippen molar-refractivity contribution in [3.63, 3.8) is 0 Å². The number of halogens is 3. The predicted octanol–water partition coefficient (Wildman–Crippen LogP) is 12.0. The van der Waals surface area contributed by atoms with E-state index >= 15 is 9.59 Å². The Morgan fingerprint density at radius 3 is 1.83 bits per heavy atom. The van der Waals surface area contributed by atoms with E-state index < -0.39 is 82.4 Å². The van der Waals surface area contributed by atoms with Gasteiger partial charge >= 0.3 is 11.9 Å². The van der Waals surface area contributed by atoms with Gasteiger partial charge in [0.05, 0.1) is 43.6 Å². The Labute approximate surface area is 572 Å². The zero-order valence-corrected chi connectivity index (χ0v) is 55.6. The molecule has 2 aliphatic rings. The summed E-state index contributed by atoms with van der Waals surface area (Å²) < 4.78 is 51.4. The Kier molecular flexibility index (Phi) is 24.2. The summed E-state index contributed by atoms with van der Waals surface area (Å²) >= 11 is 23.0. The van der Waals surface area contributed by atoms with Crippen LogP contribution in [0, 0.1) is 0 Å². The Balaban J connectivity index is 1.13. The van der Waals surface area contributed by atoms with Crippen molar-refractivity contribution in [2.75, 3.05) is 78.3 Å². The number of anilines is 1. The smallest absolute Gasteiger partial charge is 0.367 e. The first-order valence-corrected chi connectivity index (χ1v) is 33.0. The largest absolute Gasteiger partial charge is 0.497 e. The van der Waals surface area contributed by atoms with Gasteiger partial charge in [0.15, 0.2) is 42.0 Å². The molecule has 24 heteroatoms. The fourth-order valence-corrected chi connectivity index (χ4v) is 13.3. The van der Waals surface area contributed by atoms with Gasteiger partial charge < -0.3 is 58.4 Å². The lowest BCUT2D eigenvalue weighted by molar-refractivity contribution is -0.170. The van der Waals surface area contributed by atoms with Gasteiger partial charge in [-0.3, -0.25) is 14.5 Å². The molecule has 1 aromatic heterocycles. The third kappa shape index (κ3) is 16.1. The second-order valence-corrected chi connectivity index (χ2v) is 24.2. The number of amides is 2. The molecular formula is C71H66Cl3N5O14S2. The maximum Gasteiger partial charge on any atom is 0.367 e. The average molecular weight is 1380 g/mol. The fraction of sp³-hybridized carbons (Fsp3) is 0.239. The summed E-state index contributed by atoms with van der Waals surface area (Å²) in [6.07, 6.45) is 2.07. The third-order valence-electron chi connectivity index (χ3n) is 15.2. The molecule has 3 heterocycles. The summed E-state index contributed by atoms with van der Waals surface area (Å²) in [5.41, 5.74) is -1.46. The van der Waals surface area contributed by atoms with Crippen LogP contribution >= 0.6 is 57.9 Å². The summed E-state index contributed by atoms with van der Waals surface area (Å²) in [6, 6.07) is 53.4. The van der Waals surface area contributed by atoms with E-state index in [1.165, 1.54) is 43.4 Å². The van der Waals surface area contributed by atoms with Crippen molar-refractivity contribution in [1.29, 1.82) is 0 Å². The van der Waals surface area contributed by atoms with Gasteiger partial charge in [-0.15, -0.1) is 34.7 Å². The zero-order valence-electron chi connectivity index (χ0n) is 51.7. The zero-order chi connectivity index (χ0) is 66.7. The molecule has 10 rings (SSSR count). The number of carbonyl (C=O) groups excluding carboxylic acids is 4. The third-order valence-corrected chi connectivity index (χ3v) is 18.1. The van der Waals surface area contributed by atoms with Crippen molar-refractivity contribution in [2.45, 2.75) is 35.4 Å². The van der Waals surface area contributed by atoms with Crippen LogP contribution in [0.15, 0.2) is 216 Å². The number of hydrogen-bond acceptors (Lipinski definition) is 19. The van der Waals surface area contributed by atoms with Gasteiger partial charge in [0.2, 0.25) is 0 Å². The fourth-order valence-electron chi connectivity index (χ4n) is 10.6. The number of rotatable bonds is 32. The van der Waals surface area contributed by atoms with Gasteiger partial charge in [0, 0.05) is 36.8 Å². The van der Waals surface area contributed by atoms with Crippen LogP contribution in [0.2, 0.25) is 10.0 Å². The number of ether oxygens (including phenoxy) is 9. The highest BCUT2D eigenvalue weighted by Crippen LogP contribution is 2.49. The average Bonchev–Trinajstić information content (AvgIpc) is 1.06. The summed E-state index contributed by atoms with van der Waals surface area (Å²) in [7, 11) is 4.54. The van der Waals surface area contributed by atoms with Crippen molar-refractivity contribution in [2.24, 2.45) is 4.99 Å². The van der Waals surface area contributed by atoms with Crippen LogP contribution in [0.1, 0.15) is 50.7 Å². The van der Waals surface area contributed by atoms with Crippen LogP contribution in [-0.2, 0) is 65.5 Å². The van der Waals surface area contributed by atoms with Gasteiger partial charge in [-0.1, -0.05) is 199 Å². The molecule has 0 saturated carbocycles. The van der Waals surface area contributed by atoms with Crippen LogP contribution in [0.25, 0.3) is 0 Å².